The van der Waals surface area contributed by atoms with E-state index in [0.29, 0.717) is 11.0 Å². The number of hydrogen-bond acceptors (Lipinski definition) is 2. The van der Waals surface area contributed by atoms with E-state index < -0.39 is 0 Å². The van der Waals surface area contributed by atoms with Crippen molar-refractivity contribution in [3.8, 4) is 0 Å². The van der Waals surface area contributed by atoms with Crippen molar-refractivity contribution < 1.29 is 0 Å². The van der Waals surface area contributed by atoms with Crippen molar-refractivity contribution in [1.82, 2.24) is 4.90 Å². The number of hydrogen-bond donors (Lipinski definition) is 1. The fraction of sp³-hybridized carbons (Fsp3) is 0.875. The van der Waals surface area contributed by atoms with Gasteiger partial charge in [0.15, 0.2) is 0 Å². The maximum absolute atomic E-state index is 5.64. The third-order valence-corrected chi connectivity index (χ3v) is 3.25. The van der Waals surface area contributed by atoms with E-state index in [2.05, 4.69) is 4.90 Å². The van der Waals surface area contributed by atoms with Crippen molar-refractivity contribution in [3.63, 3.8) is 0 Å². The number of nitrogens with zero attached hydrogens (tertiary/aromatic N) is 1. The minimum Gasteiger partial charge on any atom is -0.392 e. The summed E-state index contributed by atoms with van der Waals surface area (Å²) in [5, 5.41) is 0. The zero-order valence-electron chi connectivity index (χ0n) is 6.62. The van der Waals surface area contributed by atoms with Gasteiger partial charge in [-0.05, 0) is 38.3 Å². The summed E-state index contributed by atoms with van der Waals surface area (Å²) in [4.78, 5) is 3.14. The van der Waals surface area contributed by atoms with Crippen LogP contribution in [0, 0.1) is 5.92 Å². The van der Waals surface area contributed by atoms with Gasteiger partial charge in [0.25, 0.3) is 0 Å². The predicted molar refractivity (Wildman–Crippen MR) is 49.5 cm³/mol. The molecule has 1 unspecified atom stereocenters. The first-order valence-electron chi connectivity index (χ1n) is 4.31. The quantitative estimate of drug-likeness (QED) is 0.589. The Kier molecular flexibility index (Phi) is 1.85. The van der Waals surface area contributed by atoms with Gasteiger partial charge in [0.1, 0.15) is 0 Å². The smallest absolute Gasteiger partial charge is 0.0902 e. The second kappa shape index (κ2) is 2.72. The van der Waals surface area contributed by atoms with E-state index in [1.165, 1.54) is 32.4 Å². The molecule has 3 heteroatoms. The molecular formula is C8H14N2S. The summed E-state index contributed by atoms with van der Waals surface area (Å²) >= 11 is 5.02. The molecule has 3 heterocycles. The van der Waals surface area contributed by atoms with Gasteiger partial charge in [0, 0.05) is 0 Å². The molecule has 0 spiro atoms. The molecule has 0 aromatic heterocycles. The molecule has 3 aliphatic heterocycles. The average Bonchev–Trinajstić information content (AvgIpc) is 2.06. The average molecular weight is 170 g/mol. The molecule has 2 bridgehead atoms. The lowest BCUT2D eigenvalue weighted by Gasteiger charge is -2.44. The maximum atomic E-state index is 5.64. The molecule has 0 aliphatic carbocycles. The first-order valence-corrected chi connectivity index (χ1v) is 4.71. The van der Waals surface area contributed by atoms with Crippen molar-refractivity contribution in [1.29, 1.82) is 0 Å². The Morgan fingerprint density at radius 1 is 1.36 bits per heavy atom. The van der Waals surface area contributed by atoms with Crippen molar-refractivity contribution in [2.45, 2.75) is 25.3 Å². The second-order valence-electron chi connectivity index (χ2n) is 3.63. The number of nitrogens with two attached hydrogens (primary N) is 1. The highest BCUT2D eigenvalue weighted by atomic mass is 32.1. The maximum Gasteiger partial charge on any atom is 0.0902 e. The number of fused-ring (bicyclic) bond motifs is 3. The molecule has 3 aliphatic rings. The lowest BCUT2D eigenvalue weighted by Crippen LogP contribution is -2.53. The van der Waals surface area contributed by atoms with E-state index in [1.807, 2.05) is 0 Å². The van der Waals surface area contributed by atoms with Gasteiger partial charge in [-0.3, -0.25) is 4.90 Å². The Hall–Kier alpha value is -0.150. The minimum atomic E-state index is 0.428. The van der Waals surface area contributed by atoms with Gasteiger partial charge in [-0.25, -0.2) is 0 Å². The Balaban J connectivity index is 2.08. The largest absolute Gasteiger partial charge is 0.392 e. The highest BCUT2D eigenvalue weighted by molar-refractivity contribution is 7.80. The van der Waals surface area contributed by atoms with Gasteiger partial charge in [-0.1, -0.05) is 12.2 Å². The second-order valence-corrected chi connectivity index (χ2v) is 4.10. The highest BCUT2D eigenvalue weighted by Gasteiger charge is 2.34. The monoisotopic (exact) mass is 170 g/mol. The van der Waals surface area contributed by atoms with Gasteiger partial charge >= 0.3 is 0 Å². The van der Waals surface area contributed by atoms with Crippen molar-refractivity contribution in [2.75, 3.05) is 13.1 Å². The van der Waals surface area contributed by atoms with E-state index in [9.17, 15) is 0 Å². The number of piperidine rings is 3. The summed E-state index contributed by atoms with van der Waals surface area (Å²) in [6.45, 7) is 2.43. The zero-order chi connectivity index (χ0) is 7.84. The number of rotatable bonds is 1. The summed E-state index contributed by atoms with van der Waals surface area (Å²) in [5.41, 5.74) is 5.64. The van der Waals surface area contributed by atoms with E-state index in [-0.39, 0.29) is 0 Å². The zero-order valence-corrected chi connectivity index (χ0v) is 7.44. The van der Waals surface area contributed by atoms with Crippen LogP contribution >= 0.6 is 12.2 Å². The molecule has 0 saturated carbocycles. The summed E-state index contributed by atoms with van der Waals surface area (Å²) in [6.07, 6.45) is 3.94. The first kappa shape index (κ1) is 7.50. The molecule has 2 nitrogen and oxygen atoms in total. The van der Waals surface area contributed by atoms with Crippen LogP contribution in [-0.4, -0.2) is 29.0 Å². The van der Waals surface area contributed by atoms with Crippen LogP contribution in [0.2, 0.25) is 0 Å². The van der Waals surface area contributed by atoms with Crippen molar-refractivity contribution >= 4 is 17.2 Å². The minimum absolute atomic E-state index is 0.428. The Bertz CT molecular complexity index is 173. The Labute approximate surface area is 72.7 Å². The molecule has 3 fully saturated rings. The molecule has 0 radical (unpaired) electrons. The SMILES string of the molecule is NC(=S)C1CC2CCN1CC2. The standard InChI is InChI=1S/C8H14N2S/c9-8(11)7-5-6-1-3-10(7)4-2-6/h6-7H,1-5H2,(H2,9,11). The Morgan fingerprint density at radius 3 is 2.27 bits per heavy atom. The van der Waals surface area contributed by atoms with Crippen molar-refractivity contribution in [3.05, 3.63) is 0 Å². The van der Waals surface area contributed by atoms with E-state index in [4.69, 9.17) is 18.0 Å². The molecule has 62 valence electrons. The van der Waals surface area contributed by atoms with Crippen LogP contribution in [0.1, 0.15) is 19.3 Å². The van der Waals surface area contributed by atoms with Crippen LogP contribution in [0.4, 0.5) is 0 Å². The van der Waals surface area contributed by atoms with Crippen LogP contribution < -0.4 is 5.73 Å². The molecule has 1 atom stereocenters. The van der Waals surface area contributed by atoms with Crippen LogP contribution in [0.3, 0.4) is 0 Å². The lowest BCUT2D eigenvalue weighted by atomic mass is 9.83. The molecular weight excluding hydrogens is 156 g/mol. The van der Waals surface area contributed by atoms with Crippen LogP contribution in [-0.2, 0) is 0 Å². The van der Waals surface area contributed by atoms with Gasteiger partial charge in [-0.15, -0.1) is 0 Å². The first-order chi connectivity index (χ1) is 5.27. The summed E-state index contributed by atoms with van der Waals surface area (Å²) in [7, 11) is 0. The molecule has 0 amide bonds. The molecule has 3 rings (SSSR count). The van der Waals surface area contributed by atoms with Crippen LogP contribution in [0.15, 0.2) is 0 Å². The summed E-state index contributed by atoms with van der Waals surface area (Å²) < 4.78 is 0. The fourth-order valence-corrected chi connectivity index (χ4v) is 2.51. The van der Waals surface area contributed by atoms with E-state index in [0.717, 1.165) is 5.92 Å². The van der Waals surface area contributed by atoms with E-state index >= 15 is 0 Å². The molecule has 0 aromatic carbocycles. The fourth-order valence-electron chi connectivity index (χ4n) is 2.26. The third kappa shape index (κ3) is 1.27. The number of thiocarbonyl (C=S) groups is 1. The summed E-state index contributed by atoms with van der Waals surface area (Å²) in [5.74, 6) is 0.909. The third-order valence-electron chi connectivity index (χ3n) is 2.97. The van der Waals surface area contributed by atoms with Crippen LogP contribution in [0.5, 0.6) is 0 Å². The predicted octanol–water partition coefficient (Wildman–Crippen LogP) is 0.757. The van der Waals surface area contributed by atoms with Gasteiger partial charge in [-0.2, -0.15) is 0 Å². The van der Waals surface area contributed by atoms with Crippen LogP contribution in [0.25, 0.3) is 0 Å². The van der Waals surface area contributed by atoms with Gasteiger partial charge in [0.05, 0.1) is 11.0 Å². The van der Waals surface area contributed by atoms with Gasteiger partial charge < -0.3 is 5.73 Å². The summed E-state index contributed by atoms with van der Waals surface area (Å²) in [6, 6.07) is 0.428. The molecule has 3 saturated heterocycles. The molecule has 2 N–H and O–H groups in total. The normalized spacial score (nSPS) is 42.4. The molecule has 11 heavy (non-hydrogen) atoms. The van der Waals surface area contributed by atoms with E-state index in [1.54, 1.807) is 0 Å². The topological polar surface area (TPSA) is 29.3 Å². The molecule has 0 aromatic rings. The lowest BCUT2D eigenvalue weighted by molar-refractivity contribution is 0.0835. The van der Waals surface area contributed by atoms with Crippen molar-refractivity contribution in [2.24, 2.45) is 11.7 Å². The highest BCUT2D eigenvalue weighted by Crippen LogP contribution is 2.31. The Morgan fingerprint density at radius 2 is 2.00 bits per heavy atom. The van der Waals surface area contributed by atoms with Gasteiger partial charge in [0.2, 0.25) is 0 Å².